The number of carbonyl (C=O) groups is 1. The molecule has 1 amide bonds. The molecule has 0 spiro atoms. The van der Waals surface area contributed by atoms with Gasteiger partial charge in [0.25, 0.3) is 5.91 Å². The fourth-order valence-electron chi connectivity index (χ4n) is 2.56. The van der Waals surface area contributed by atoms with Crippen LogP contribution in [0.15, 0.2) is 42.5 Å². The zero-order valence-electron chi connectivity index (χ0n) is 13.5. The summed E-state index contributed by atoms with van der Waals surface area (Å²) in [5, 5.41) is 2.78. The number of methoxy groups -OCH3 is 1. The maximum Gasteiger partial charge on any atom is 0.251 e. The number of benzene rings is 2. The van der Waals surface area contributed by atoms with Crippen LogP contribution in [0.25, 0.3) is 0 Å². The monoisotopic (exact) mass is 331 g/mol. The second-order valence-corrected chi connectivity index (χ2v) is 5.67. The molecule has 126 valence electrons. The summed E-state index contributed by atoms with van der Waals surface area (Å²) >= 11 is 0. The Labute approximate surface area is 139 Å². The summed E-state index contributed by atoms with van der Waals surface area (Å²) in [6, 6.07) is 11.3. The minimum atomic E-state index is -0.975. The fourth-order valence-corrected chi connectivity index (χ4v) is 2.56. The summed E-state index contributed by atoms with van der Waals surface area (Å²) < 4.78 is 30.0. The Morgan fingerprint density at radius 2 is 2.00 bits per heavy atom. The van der Waals surface area contributed by atoms with Crippen LogP contribution < -0.4 is 14.8 Å². The molecule has 5 nitrogen and oxygen atoms in total. The third-order valence-electron chi connectivity index (χ3n) is 4.12. The van der Waals surface area contributed by atoms with E-state index < -0.39 is 5.60 Å². The molecule has 1 N–H and O–H groups in total. The number of fused-ring (bicyclic) bond motifs is 1. The van der Waals surface area contributed by atoms with Crippen molar-refractivity contribution in [2.24, 2.45) is 0 Å². The molecule has 1 aliphatic heterocycles. The normalized spacial score (nSPS) is 15.0. The van der Waals surface area contributed by atoms with Gasteiger partial charge in [0.15, 0.2) is 11.5 Å². The summed E-state index contributed by atoms with van der Waals surface area (Å²) in [6.45, 7) is 2.00. The molecular weight excluding hydrogens is 313 g/mol. The van der Waals surface area contributed by atoms with E-state index in [4.69, 9.17) is 14.2 Å². The molecule has 0 saturated carbocycles. The van der Waals surface area contributed by atoms with E-state index in [0.29, 0.717) is 22.6 Å². The molecule has 0 bridgehead atoms. The van der Waals surface area contributed by atoms with Gasteiger partial charge in [0, 0.05) is 18.2 Å². The summed E-state index contributed by atoms with van der Waals surface area (Å²) in [5.41, 5.74) is -0.151. The molecule has 0 fully saturated rings. The number of carbonyl (C=O) groups excluding carboxylic acids is 1. The van der Waals surface area contributed by atoms with Crippen LogP contribution in [0.3, 0.4) is 0 Å². The molecule has 0 unspecified atom stereocenters. The first kappa shape index (κ1) is 16.3. The minimum Gasteiger partial charge on any atom is -0.454 e. The standard InChI is InChI=1S/C18H18FNO4/c1-18(22-2,13-5-3-4-6-14(13)19)10-20-17(21)12-7-8-15-16(9-12)24-11-23-15/h3-9H,10-11H2,1-2H3,(H,20,21)/t18-/m1/s1. The first-order chi connectivity index (χ1) is 11.5. The summed E-state index contributed by atoms with van der Waals surface area (Å²) in [5.74, 6) is 0.470. The number of ether oxygens (including phenoxy) is 3. The maximum absolute atomic E-state index is 14.0. The highest BCUT2D eigenvalue weighted by Gasteiger charge is 2.30. The smallest absolute Gasteiger partial charge is 0.251 e. The highest BCUT2D eigenvalue weighted by molar-refractivity contribution is 5.95. The molecule has 0 saturated heterocycles. The number of hydrogen-bond donors (Lipinski definition) is 1. The van der Waals surface area contributed by atoms with Crippen molar-refractivity contribution in [3.8, 4) is 11.5 Å². The zero-order chi connectivity index (χ0) is 17.2. The van der Waals surface area contributed by atoms with Gasteiger partial charge in [0.1, 0.15) is 11.4 Å². The molecule has 1 aliphatic rings. The third-order valence-corrected chi connectivity index (χ3v) is 4.12. The molecule has 24 heavy (non-hydrogen) atoms. The van der Waals surface area contributed by atoms with Crippen LogP contribution in [0.5, 0.6) is 11.5 Å². The lowest BCUT2D eigenvalue weighted by atomic mass is 9.95. The van der Waals surface area contributed by atoms with Crippen molar-refractivity contribution >= 4 is 5.91 Å². The highest BCUT2D eigenvalue weighted by atomic mass is 19.1. The first-order valence-electron chi connectivity index (χ1n) is 7.51. The Morgan fingerprint density at radius 1 is 1.25 bits per heavy atom. The molecule has 6 heteroatoms. The van der Waals surface area contributed by atoms with E-state index in [1.807, 2.05) is 0 Å². The Balaban J connectivity index is 1.74. The lowest BCUT2D eigenvalue weighted by Crippen LogP contribution is -2.40. The Bertz CT molecular complexity index is 764. The number of nitrogens with one attached hydrogen (secondary N) is 1. The highest BCUT2D eigenvalue weighted by Crippen LogP contribution is 2.32. The number of hydrogen-bond acceptors (Lipinski definition) is 4. The quantitative estimate of drug-likeness (QED) is 0.915. The van der Waals surface area contributed by atoms with Gasteiger partial charge >= 0.3 is 0 Å². The summed E-state index contributed by atoms with van der Waals surface area (Å²) in [4.78, 5) is 12.4. The average molecular weight is 331 g/mol. The summed E-state index contributed by atoms with van der Waals surface area (Å²) in [6.07, 6.45) is 0. The predicted octanol–water partition coefficient (Wildman–Crippen LogP) is 2.85. The van der Waals surface area contributed by atoms with E-state index in [9.17, 15) is 9.18 Å². The third kappa shape index (κ3) is 3.05. The van der Waals surface area contributed by atoms with Gasteiger partial charge in [-0.3, -0.25) is 4.79 Å². The van der Waals surface area contributed by atoms with Gasteiger partial charge in [0.05, 0.1) is 6.54 Å². The summed E-state index contributed by atoms with van der Waals surface area (Å²) in [7, 11) is 1.49. The van der Waals surface area contributed by atoms with Gasteiger partial charge in [0.2, 0.25) is 6.79 Å². The lowest BCUT2D eigenvalue weighted by molar-refractivity contribution is 0.000388. The van der Waals surface area contributed by atoms with Crippen molar-refractivity contribution in [3.63, 3.8) is 0 Å². The van der Waals surface area contributed by atoms with Crippen LogP contribution in [0.1, 0.15) is 22.8 Å². The predicted molar refractivity (Wildman–Crippen MR) is 85.7 cm³/mol. The molecule has 1 atom stereocenters. The largest absolute Gasteiger partial charge is 0.454 e. The van der Waals surface area contributed by atoms with Crippen molar-refractivity contribution in [1.82, 2.24) is 5.32 Å². The average Bonchev–Trinajstić information content (AvgIpc) is 3.07. The molecule has 0 aliphatic carbocycles. The molecular formula is C18H18FNO4. The van der Waals surface area contributed by atoms with Crippen LogP contribution in [0.4, 0.5) is 4.39 Å². The van der Waals surface area contributed by atoms with Crippen molar-refractivity contribution in [2.75, 3.05) is 20.4 Å². The van der Waals surface area contributed by atoms with Crippen LogP contribution in [0, 0.1) is 5.82 Å². The van der Waals surface area contributed by atoms with Gasteiger partial charge in [-0.25, -0.2) is 4.39 Å². The molecule has 0 aromatic heterocycles. The van der Waals surface area contributed by atoms with Gasteiger partial charge in [-0.1, -0.05) is 18.2 Å². The Kier molecular flexibility index (Phi) is 4.40. The van der Waals surface area contributed by atoms with Gasteiger partial charge in [-0.2, -0.15) is 0 Å². The van der Waals surface area contributed by atoms with Gasteiger partial charge in [-0.05, 0) is 31.2 Å². The second-order valence-electron chi connectivity index (χ2n) is 5.67. The number of halogens is 1. The Morgan fingerprint density at radius 3 is 2.75 bits per heavy atom. The fraction of sp³-hybridized carbons (Fsp3) is 0.278. The van der Waals surface area contributed by atoms with Crippen LogP contribution in [-0.2, 0) is 10.3 Å². The van der Waals surface area contributed by atoms with E-state index >= 15 is 0 Å². The van der Waals surface area contributed by atoms with E-state index in [-0.39, 0.29) is 25.1 Å². The number of rotatable bonds is 5. The topological polar surface area (TPSA) is 56.8 Å². The van der Waals surface area contributed by atoms with Crippen LogP contribution in [-0.4, -0.2) is 26.4 Å². The van der Waals surface area contributed by atoms with E-state index in [1.165, 1.54) is 13.2 Å². The lowest BCUT2D eigenvalue weighted by Gasteiger charge is -2.29. The molecule has 2 aromatic rings. The minimum absolute atomic E-state index is 0.123. The van der Waals surface area contributed by atoms with E-state index in [0.717, 1.165) is 0 Å². The molecule has 2 aromatic carbocycles. The maximum atomic E-state index is 14.0. The van der Waals surface area contributed by atoms with Crippen molar-refractivity contribution in [2.45, 2.75) is 12.5 Å². The van der Waals surface area contributed by atoms with Gasteiger partial charge in [-0.15, -0.1) is 0 Å². The van der Waals surface area contributed by atoms with E-state index in [2.05, 4.69) is 5.32 Å². The first-order valence-corrected chi connectivity index (χ1v) is 7.51. The van der Waals surface area contributed by atoms with Crippen molar-refractivity contribution in [1.29, 1.82) is 0 Å². The zero-order valence-corrected chi connectivity index (χ0v) is 13.5. The number of amides is 1. The molecule has 1 heterocycles. The van der Waals surface area contributed by atoms with Gasteiger partial charge < -0.3 is 19.5 Å². The SMILES string of the molecule is CO[C@](C)(CNC(=O)c1ccc2c(c1)OCO2)c1ccccc1F. The second kappa shape index (κ2) is 6.49. The van der Waals surface area contributed by atoms with Crippen molar-refractivity contribution in [3.05, 3.63) is 59.4 Å². The Hall–Kier alpha value is -2.60. The van der Waals surface area contributed by atoms with Crippen LogP contribution in [0.2, 0.25) is 0 Å². The molecule has 0 radical (unpaired) electrons. The van der Waals surface area contributed by atoms with Crippen molar-refractivity contribution < 1.29 is 23.4 Å². The van der Waals surface area contributed by atoms with Crippen LogP contribution >= 0.6 is 0 Å². The van der Waals surface area contributed by atoms with E-state index in [1.54, 1.807) is 43.3 Å². The molecule has 3 rings (SSSR count).